The van der Waals surface area contributed by atoms with E-state index in [-0.39, 0.29) is 0 Å². The van der Waals surface area contributed by atoms with E-state index in [4.69, 9.17) is 22.3 Å². The highest BCUT2D eigenvalue weighted by Gasteiger charge is 2.27. The maximum absolute atomic E-state index is 6.29. The minimum Gasteiger partial charge on any atom is -0.382 e. The summed E-state index contributed by atoms with van der Waals surface area (Å²) in [6, 6.07) is 1.86. The molecule has 0 aromatic carbocycles. The van der Waals surface area contributed by atoms with Crippen LogP contribution in [0.3, 0.4) is 0 Å². The van der Waals surface area contributed by atoms with Crippen LogP contribution in [0.2, 0.25) is 5.02 Å². The molecule has 4 rings (SSSR count). The van der Waals surface area contributed by atoms with Gasteiger partial charge in [0.05, 0.1) is 11.2 Å². The summed E-state index contributed by atoms with van der Waals surface area (Å²) in [6.07, 6.45) is 7.71. The molecule has 0 bridgehead atoms. The molecule has 1 aliphatic heterocycles. The van der Waals surface area contributed by atoms with Crippen LogP contribution in [-0.4, -0.2) is 33.3 Å². The van der Waals surface area contributed by atoms with E-state index < -0.39 is 0 Å². The number of piperidine rings is 1. The zero-order valence-corrected chi connectivity index (χ0v) is 16.4. The van der Waals surface area contributed by atoms with Gasteiger partial charge in [0.1, 0.15) is 11.3 Å². The Morgan fingerprint density at radius 2 is 1.96 bits per heavy atom. The molecule has 26 heavy (non-hydrogen) atoms. The number of nitrogens with one attached hydrogen (secondary N) is 1. The van der Waals surface area contributed by atoms with Crippen molar-refractivity contribution < 1.29 is 0 Å². The lowest BCUT2D eigenvalue weighted by atomic mass is 9.83. The first-order valence-electron chi connectivity index (χ1n) is 8.59. The van der Waals surface area contributed by atoms with Crippen molar-refractivity contribution in [3.8, 4) is 0 Å². The van der Waals surface area contributed by atoms with Gasteiger partial charge >= 0.3 is 0 Å². The number of hydrogen-bond donors (Lipinski definition) is 2. The van der Waals surface area contributed by atoms with Crippen molar-refractivity contribution in [1.29, 1.82) is 0 Å². The molecule has 4 heterocycles. The van der Waals surface area contributed by atoms with E-state index >= 15 is 0 Å². The largest absolute Gasteiger partial charge is 0.382 e. The van der Waals surface area contributed by atoms with E-state index in [0.29, 0.717) is 16.3 Å². The smallest absolute Gasteiger partial charge is 0.154 e. The molecule has 0 spiro atoms. The summed E-state index contributed by atoms with van der Waals surface area (Å²) in [6.45, 7) is 6.67. The molecular weight excluding hydrogens is 368 g/mol. The third-order valence-corrected chi connectivity index (χ3v) is 6.56. The van der Waals surface area contributed by atoms with Crippen LogP contribution >= 0.6 is 23.4 Å². The average molecular weight is 389 g/mol. The molecule has 3 N–H and O–H groups in total. The van der Waals surface area contributed by atoms with Crippen LogP contribution in [0.25, 0.3) is 10.9 Å². The number of nitrogens with zero attached hydrogens (tertiary/aromatic N) is 4. The normalized spacial score (nSPS) is 17.0. The predicted molar refractivity (Wildman–Crippen MR) is 107 cm³/mol. The molecule has 0 amide bonds. The summed E-state index contributed by atoms with van der Waals surface area (Å²) in [5.41, 5.74) is 7.18. The Morgan fingerprint density at radius 3 is 2.73 bits per heavy atom. The van der Waals surface area contributed by atoms with Crippen LogP contribution in [0.5, 0.6) is 0 Å². The van der Waals surface area contributed by atoms with Gasteiger partial charge in [0.2, 0.25) is 0 Å². The Hall–Kier alpha value is -1.99. The fourth-order valence-electron chi connectivity index (χ4n) is 3.18. The molecule has 1 aliphatic rings. The van der Waals surface area contributed by atoms with Gasteiger partial charge in [0.25, 0.3) is 0 Å². The van der Waals surface area contributed by atoms with Gasteiger partial charge in [-0.1, -0.05) is 37.2 Å². The van der Waals surface area contributed by atoms with Crippen molar-refractivity contribution in [2.75, 3.05) is 23.7 Å². The fourth-order valence-corrected chi connectivity index (χ4v) is 4.34. The van der Waals surface area contributed by atoms with Crippen molar-refractivity contribution in [2.45, 2.75) is 36.5 Å². The molecule has 6 nitrogen and oxygen atoms in total. The molecule has 0 radical (unpaired) electrons. The van der Waals surface area contributed by atoms with Crippen LogP contribution in [0.4, 0.5) is 11.6 Å². The molecule has 0 atom stereocenters. The van der Waals surface area contributed by atoms with Gasteiger partial charge in [-0.25, -0.2) is 9.97 Å². The van der Waals surface area contributed by atoms with Crippen LogP contribution in [-0.2, 0) is 0 Å². The first kappa shape index (κ1) is 17.4. The minimum atomic E-state index is 0.334. The highest BCUT2D eigenvalue weighted by molar-refractivity contribution is 7.99. The van der Waals surface area contributed by atoms with E-state index in [1.165, 1.54) is 11.8 Å². The molecule has 0 unspecified atom stereocenters. The molecule has 3 aromatic rings. The van der Waals surface area contributed by atoms with Crippen LogP contribution in [0, 0.1) is 5.41 Å². The fraction of sp³-hybridized carbons (Fsp3) is 0.389. The van der Waals surface area contributed by atoms with Crippen LogP contribution in [0.15, 0.2) is 34.4 Å². The number of nitrogen functional groups attached to an aromatic ring is 1. The van der Waals surface area contributed by atoms with Gasteiger partial charge in [-0.3, -0.25) is 5.10 Å². The van der Waals surface area contributed by atoms with Gasteiger partial charge in [0, 0.05) is 40.7 Å². The van der Waals surface area contributed by atoms with E-state index in [1.54, 1.807) is 6.20 Å². The van der Waals surface area contributed by atoms with Gasteiger partial charge < -0.3 is 10.6 Å². The number of halogens is 1. The number of pyridine rings is 2. The number of aromatic amines is 1. The average Bonchev–Trinajstić information content (AvgIpc) is 3.10. The third-order valence-electron chi connectivity index (χ3n) is 4.95. The molecule has 1 saturated heterocycles. The lowest BCUT2D eigenvalue weighted by Crippen LogP contribution is -2.37. The monoisotopic (exact) mass is 388 g/mol. The Morgan fingerprint density at radius 1 is 1.19 bits per heavy atom. The van der Waals surface area contributed by atoms with Crippen molar-refractivity contribution in [2.24, 2.45) is 5.41 Å². The minimum absolute atomic E-state index is 0.334. The summed E-state index contributed by atoms with van der Waals surface area (Å²) >= 11 is 7.81. The van der Waals surface area contributed by atoms with Gasteiger partial charge in [-0.15, -0.1) is 0 Å². The van der Waals surface area contributed by atoms with Crippen molar-refractivity contribution in [1.82, 2.24) is 20.2 Å². The van der Waals surface area contributed by atoms with Crippen molar-refractivity contribution >= 4 is 45.9 Å². The number of fused-ring (bicyclic) bond motifs is 1. The molecular formula is C18H21ClN6S. The summed E-state index contributed by atoms with van der Waals surface area (Å²) in [5.74, 6) is 1.30. The number of H-pyrrole nitrogens is 1. The summed E-state index contributed by atoms with van der Waals surface area (Å²) in [4.78, 5) is 12.9. The van der Waals surface area contributed by atoms with Gasteiger partial charge in [0.15, 0.2) is 5.82 Å². The van der Waals surface area contributed by atoms with Gasteiger partial charge in [-0.2, -0.15) is 5.10 Å². The van der Waals surface area contributed by atoms with Crippen molar-refractivity contribution in [3.05, 3.63) is 29.7 Å². The number of anilines is 2. The second kappa shape index (κ2) is 6.63. The molecule has 0 aliphatic carbocycles. The first-order valence-corrected chi connectivity index (χ1v) is 9.79. The summed E-state index contributed by atoms with van der Waals surface area (Å²) < 4.78 is 0. The maximum Gasteiger partial charge on any atom is 0.154 e. The van der Waals surface area contributed by atoms with E-state index in [1.807, 2.05) is 18.5 Å². The molecule has 8 heteroatoms. The zero-order valence-electron chi connectivity index (χ0n) is 14.8. The highest BCUT2D eigenvalue weighted by Crippen LogP contribution is 2.40. The van der Waals surface area contributed by atoms with E-state index in [0.717, 1.165) is 52.4 Å². The topological polar surface area (TPSA) is 83.7 Å². The second-order valence-corrected chi connectivity index (χ2v) is 8.83. The molecule has 136 valence electrons. The zero-order chi connectivity index (χ0) is 18.3. The molecule has 0 saturated carbocycles. The Balaban J connectivity index is 1.67. The molecule has 1 fully saturated rings. The SMILES string of the molecule is CC1(C)CCN(c2ncc(Sc3ccnc(N)c3Cl)c3cn[nH]c23)CC1. The van der Waals surface area contributed by atoms with Crippen LogP contribution in [0.1, 0.15) is 26.7 Å². The maximum atomic E-state index is 6.29. The number of aromatic nitrogens is 4. The number of hydrogen-bond acceptors (Lipinski definition) is 6. The quantitative estimate of drug-likeness (QED) is 0.693. The lowest BCUT2D eigenvalue weighted by Gasteiger charge is -2.37. The highest BCUT2D eigenvalue weighted by atomic mass is 35.5. The Kier molecular flexibility index (Phi) is 4.44. The molecule has 3 aromatic heterocycles. The lowest BCUT2D eigenvalue weighted by molar-refractivity contribution is 0.279. The van der Waals surface area contributed by atoms with Gasteiger partial charge in [-0.05, 0) is 24.3 Å². The van der Waals surface area contributed by atoms with E-state index in [2.05, 4.69) is 33.9 Å². The summed E-state index contributed by atoms with van der Waals surface area (Å²) in [7, 11) is 0. The second-order valence-electron chi connectivity index (χ2n) is 7.37. The number of rotatable bonds is 3. The first-order chi connectivity index (χ1) is 12.4. The standard InChI is InChI=1S/C18H21ClN6S/c1-18(2)4-7-25(8-5-18)17-15-11(9-23-24-15)13(10-22-17)26-12-3-6-21-16(20)14(12)19/h3,6,9-10H,4-5,7-8H2,1-2H3,(H2,20,21)(H,23,24). The van der Waals surface area contributed by atoms with Crippen LogP contribution < -0.4 is 10.6 Å². The Bertz CT molecular complexity index is 944. The Labute approximate surface area is 161 Å². The predicted octanol–water partition coefficient (Wildman–Crippen LogP) is 4.37. The summed E-state index contributed by atoms with van der Waals surface area (Å²) in [5, 5.41) is 8.88. The number of nitrogens with two attached hydrogens (primary N) is 1. The van der Waals surface area contributed by atoms with Crippen molar-refractivity contribution in [3.63, 3.8) is 0 Å². The van der Waals surface area contributed by atoms with E-state index in [9.17, 15) is 0 Å². The third kappa shape index (κ3) is 3.21.